The predicted molar refractivity (Wildman–Crippen MR) is 88.7 cm³/mol. The number of aliphatic hydroxyl groups is 2. The second-order valence-electron chi connectivity index (χ2n) is 8.08. The molecule has 2 rings (SSSR count). The Balaban J connectivity index is 2.00. The summed E-state index contributed by atoms with van der Waals surface area (Å²) in [5, 5.41) is 19.4. The molecule has 6 nitrogen and oxygen atoms in total. The summed E-state index contributed by atoms with van der Waals surface area (Å²) in [5.41, 5.74) is 0. The summed E-state index contributed by atoms with van der Waals surface area (Å²) in [4.78, 5) is 0. The highest BCUT2D eigenvalue weighted by molar-refractivity contribution is 6.74. The van der Waals surface area contributed by atoms with E-state index in [2.05, 4.69) is 33.9 Å². The van der Waals surface area contributed by atoms with Crippen molar-refractivity contribution in [1.82, 2.24) is 0 Å². The summed E-state index contributed by atoms with van der Waals surface area (Å²) in [7, 11) is -1.84. The van der Waals surface area contributed by atoms with Crippen LogP contribution in [0.25, 0.3) is 0 Å². The van der Waals surface area contributed by atoms with Gasteiger partial charge in [-0.1, -0.05) is 20.8 Å². The molecule has 0 unspecified atom stereocenters. The Hall–Kier alpha value is -0.0231. The average molecular weight is 349 g/mol. The summed E-state index contributed by atoms with van der Waals surface area (Å²) >= 11 is 0. The van der Waals surface area contributed by atoms with Gasteiger partial charge in [-0.05, 0) is 24.6 Å². The van der Waals surface area contributed by atoms with Crippen LogP contribution in [0.15, 0.2) is 0 Å². The van der Waals surface area contributed by atoms with E-state index in [9.17, 15) is 10.2 Å². The Morgan fingerprint density at radius 3 is 2.26 bits per heavy atom. The lowest BCUT2D eigenvalue weighted by molar-refractivity contribution is -0.247. The van der Waals surface area contributed by atoms with Gasteiger partial charge in [0.05, 0.1) is 32.5 Å². The SMILES string of the molecule is CC(C)(C)[Si](C)(C)OC[C@H]1C[C@@H](C2(CO)OCCO2)O[C@H]1CO. The highest BCUT2D eigenvalue weighted by Crippen LogP contribution is 2.40. The minimum Gasteiger partial charge on any atom is -0.416 e. The molecule has 2 fully saturated rings. The van der Waals surface area contributed by atoms with Crippen LogP contribution in [0.3, 0.4) is 0 Å². The molecule has 0 aromatic heterocycles. The molecule has 0 aliphatic carbocycles. The number of hydrogen-bond acceptors (Lipinski definition) is 6. The van der Waals surface area contributed by atoms with Gasteiger partial charge in [-0.15, -0.1) is 0 Å². The molecule has 0 aromatic rings. The molecule has 136 valence electrons. The zero-order chi connectivity index (χ0) is 17.3. The van der Waals surface area contributed by atoms with Crippen LogP contribution in [0.2, 0.25) is 18.1 Å². The standard InChI is InChI=1S/C16H32O6Si/c1-15(2,3)23(4,5)21-10-12-8-14(22-13(12)9-17)16(11-18)19-6-7-20-16/h12-14,17-18H,6-11H2,1-5H3/t12-,13+,14+/m1/s1. The Labute approximate surface area is 140 Å². The molecule has 23 heavy (non-hydrogen) atoms. The number of aliphatic hydroxyl groups excluding tert-OH is 2. The third-order valence-electron chi connectivity index (χ3n) is 5.51. The summed E-state index contributed by atoms with van der Waals surface area (Å²) in [6, 6.07) is 0. The largest absolute Gasteiger partial charge is 0.416 e. The Kier molecular flexibility index (Phi) is 5.94. The van der Waals surface area contributed by atoms with Crippen molar-refractivity contribution in [2.75, 3.05) is 33.0 Å². The molecular formula is C16H32O6Si. The van der Waals surface area contributed by atoms with Crippen LogP contribution >= 0.6 is 0 Å². The first-order valence-corrected chi connectivity index (χ1v) is 11.3. The van der Waals surface area contributed by atoms with Gasteiger partial charge in [0.15, 0.2) is 8.32 Å². The fourth-order valence-corrected chi connectivity index (χ4v) is 3.90. The summed E-state index contributed by atoms with van der Waals surface area (Å²) in [6.45, 7) is 12.2. The fraction of sp³-hybridized carbons (Fsp3) is 1.00. The second kappa shape index (κ2) is 7.07. The van der Waals surface area contributed by atoms with Crippen LogP contribution in [0.5, 0.6) is 0 Å². The molecule has 2 heterocycles. The second-order valence-corrected chi connectivity index (χ2v) is 12.9. The predicted octanol–water partition coefficient (Wildman–Crippen LogP) is 1.51. The Morgan fingerprint density at radius 1 is 1.17 bits per heavy atom. The van der Waals surface area contributed by atoms with E-state index < -0.39 is 14.1 Å². The van der Waals surface area contributed by atoms with Crippen LogP contribution in [0.1, 0.15) is 27.2 Å². The lowest BCUT2D eigenvalue weighted by Crippen LogP contribution is -2.47. The zero-order valence-corrected chi connectivity index (χ0v) is 16.0. The molecule has 0 aromatic carbocycles. The summed E-state index contributed by atoms with van der Waals surface area (Å²) in [6.07, 6.45) is -0.0263. The minimum atomic E-state index is -1.84. The topological polar surface area (TPSA) is 77.4 Å². The van der Waals surface area contributed by atoms with Crippen LogP contribution in [0.4, 0.5) is 0 Å². The van der Waals surface area contributed by atoms with Crippen molar-refractivity contribution < 1.29 is 28.8 Å². The van der Waals surface area contributed by atoms with Crippen LogP contribution < -0.4 is 0 Å². The lowest BCUT2D eigenvalue weighted by atomic mass is 9.97. The van der Waals surface area contributed by atoms with Gasteiger partial charge in [0, 0.05) is 12.5 Å². The third-order valence-corrected chi connectivity index (χ3v) is 10.0. The maximum absolute atomic E-state index is 9.67. The van der Waals surface area contributed by atoms with E-state index in [1.165, 1.54) is 0 Å². The molecule has 2 aliphatic rings. The molecule has 0 saturated carbocycles. The first-order chi connectivity index (χ1) is 10.6. The van der Waals surface area contributed by atoms with E-state index in [-0.39, 0.29) is 36.4 Å². The van der Waals surface area contributed by atoms with Crippen molar-refractivity contribution in [3.05, 3.63) is 0 Å². The molecule has 2 aliphatic heterocycles. The maximum Gasteiger partial charge on any atom is 0.218 e. The minimum absolute atomic E-state index is 0.0659. The van der Waals surface area contributed by atoms with Crippen molar-refractivity contribution in [3.63, 3.8) is 0 Å². The molecular weight excluding hydrogens is 316 g/mol. The van der Waals surface area contributed by atoms with E-state index in [1.807, 2.05) is 0 Å². The van der Waals surface area contributed by atoms with E-state index >= 15 is 0 Å². The Bertz CT molecular complexity index is 389. The molecule has 0 radical (unpaired) electrons. The van der Waals surface area contributed by atoms with Gasteiger partial charge < -0.3 is 28.8 Å². The van der Waals surface area contributed by atoms with Gasteiger partial charge in [-0.25, -0.2) is 0 Å². The monoisotopic (exact) mass is 348 g/mol. The van der Waals surface area contributed by atoms with E-state index in [0.29, 0.717) is 26.2 Å². The highest BCUT2D eigenvalue weighted by atomic mass is 28.4. The van der Waals surface area contributed by atoms with E-state index in [1.54, 1.807) is 0 Å². The zero-order valence-electron chi connectivity index (χ0n) is 15.0. The van der Waals surface area contributed by atoms with Gasteiger partial charge in [0.1, 0.15) is 6.10 Å². The first-order valence-electron chi connectivity index (χ1n) is 8.44. The first kappa shape index (κ1) is 19.3. The van der Waals surface area contributed by atoms with Crippen molar-refractivity contribution in [2.24, 2.45) is 5.92 Å². The third kappa shape index (κ3) is 3.97. The van der Waals surface area contributed by atoms with Crippen LogP contribution in [0, 0.1) is 5.92 Å². The van der Waals surface area contributed by atoms with Gasteiger partial charge in [0.2, 0.25) is 5.79 Å². The van der Waals surface area contributed by atoms with Gasteiger partial charge in [-0.2, -0.15) is 0 Å². The highest BCUT2D eigenvalue weighted by Gasteiger charge is 2.51. The van der Waals surface area contributed by atoms with Crippen molar-refractivity contribution >= 4 is 8.32 Å². The van der Waals surface area contributed by atoms with Gasteiger partial charge >= 0.3 is 0 Å². The Morgan fingerprint density at radius 2 is 1.78 bits per heavy atom. The number of ether oxygens (including phenoxy) is 3. The van der Waals surface area contributed by atoms with Crippen molar-refractivity contribution in [2.45, 2.75) is 63.3 Å². The average Bonchev–Trinajstić information content (AvgIpc) is 3.11. The normalized spacial score (nSPS) is 31.7. The van der Waals surface area contributed by atoms with Crippen LogP contribution in [-0.2, 0) is 18.6 Å². The molecule has 2 N–H and O–H groups in total. The molecule has 3 atom stereocenters. The van der Waals surface area contributed by atoms with Gasteiger partial charge in [0.25, 0.3) is 0 Å². The maximum atomic E-state index is 9.67. The summed E-state index contributed by atoms with van der Waals surface area (Å²) in [5.74, 6) is -1.01. The van der Waals surface area contributed by atoms with Crippen molar-refractivity contribution in [1.29, 1.82) is 0 Å². The van der Waals surface area contributed by atoms with E-state index in [4.69, 9.17) is 18.6 Å². The van der Waals surface area contributed by atoms with Gasteiger partial charge in [-0.3, -0.25) is 0 Å². The quantitative estimate of drug-likeness (QED) is 0.709. The molecule has 0 amide bonds. The van der Waals surface area contributed by atoms with Crippen molar-refractivity contribution in [3.8, 4) is 0 Å². The molecule has 7 heteroatoms. The summed E-state index contributed by atoms with van der Waals surface area (Å²) < 4.78 is 23.4. The fourth-order valence-electron chi connectivity index (χ4n) is 2.84. The van der Waals surface area contributed by atoms with E-state index in [0.717, 1.165) is 0 Å². The lowest BCUT2D eigenvalue weighted by Gasteiger charge is -2.37. The smallest absolute Gasteiger partial charge is 0.218 e. The number of hydrogen-bond donors (Lipinski definition) is 2. The van der Waals surface area contributed by atoms with Crippen LogP contribution in [-0.4, -0.2) is 69.6 Å². The number of rotatable bonds is 6. The molecule has 0 bridgehead atoms. The molecule has 2 saturated heterocycles. The molecule has 0 spiro atoms.